The first kappa shape index (κ1) is 19.2. The number of carbonyl (C=O) groups is 2. The smallest absolute Gasteiger partial charge is 0.387 e. The van der Waals surface area contributed by atoms with E-state index in [1.807, 2.05) is 0 Å². The van der Waals surface area contributed by atoms with Gasteiger partial charge in [0.05, 0.1) is 18.6 Å². The van der Waals surface area contributed by atoms with E-state index in [0.29, 0.717) is 29.6 Å². The number of aliphatic imine (C=N–C) groups is 1. The lowest BCUT2D eigenvalue weighted by Gasteiger charge is -2.19. The number of thioether (sulfide) groups is 1. The number of ether oxygens (including phenoxy) is 2. The van der Waals surface area contributed by atoms with Gasteiger partial charge in [-0.2, -0.15) is 8.78 Å². The number of esters is 1. The predicted molar refractivity (Wildman–Crippen MR) is 102 cm³/mol. The fourth-order valence-corrected chi connectivity index (χ4v) is 3.88. The molecular weight excluding hydrogens is 406 g/mol. The van der Waals surface area contributed by atoms with Crippen molar-refractivity contribution in [3.05, 3.63) is 54.1 Å². The average molecular weight is 420 g/mol. The fraction of sp³-hybridized carbons (Fsp3) is 0.211. The maximum atomic E-state index is 13.0. The van der Waals surface area contributed by atoms with Crippen LogP contribution in [-0.4, -0.2) is 35.5 Å². The molecule has 2 aliphatic heterocycles. The standard InChI is InChI=1S/C19H14F2N2O5S/c20-18(21)28-12-5-3-11(4-6-12)23-16(24)14(10-13-2-1-8-26-13)22-19(23)29-15-7-9-27-17(15)25/h1-6,8,10,15,18H,7,9H2/b14-10+. The molecule has 0 N–H and O–H groups in total. The second-order valence-corrected chi connectivity index (χ2v) is 7.18. The maximum Gasteiger partial charge on any atom is 0.387 e. The number of alkyl halides is 2. The van der Waals surface area contributed by atoms with E-state index in [9.17, 15) is 18.4 Å². The molecule has 1 aromatic heterocycles. The van der Waals surface area contributed by atoms with Crippen LogP contribution in [0.3, 0.4) is 0 Å². The van der Waals surface area contributed by atoms with E-state index in [4.69, 9.17) is 9.15 Å². The van der Waals surface area contributed by atoms with Gasteiger partial charge in [0.1, 0.15) is 22.5 Å². The van der Waals surface area contributed by atoms with Crippen LogP contribution < -0.4 is 9.64 Å². The summed E-state index contributed by atoms with van der Waals surface area (Å²) in [5, 5.41) is -0.187. The Morgan fingerprint density at radius 3 is 2.66 bits per heavy atom. The molecule has 1 amide bonds. The highest BCUT2D eigenvalue weighted by molar-refractivity contribution is 8.15. The van der Waals surface area contributed by atoms with Gasteiger partial charge in [0.2, 0.25) is 0 Å². The molecular formula is C19H14F2N2O5S. The van der Waals surface area contributed by atoms with E-state index >= 15 is 0 Å². The van der Waals surface area contributed by atoms with E-state index < -0.39 is 17.8 Å². The van der Waals surface area contributed by atoms with Crippen molar-refractivity contribution < 1.29 is 32.3 Å². The van der Waals surface area contributed by atoms with Gasteiger partial charge < -0.3 is 13.9 Å². The van der Waals surface area contributed by atoms with Crippen molar-refractivity contribution in [2.75, 3.05) is 11.5 Å². The Bertz CT molecular complexity index is 973. The average Bonchev–Trinajstić information content (AvgIpc) is 3.40. The number of hydrogen-bond acceptors (Lipinski definition) is 7. The van der Waals surface area contributed by atoms with Crippen molar-refractivity contribution in [2.45, 2.75) is 18.3 Å². The third-order valence-corrected chi connectivity index (χ3v) is 5.30. The first-order valence-corrected chi connectivity index (χ1v) is 9.46. The van der Waals surface area contributed by atoms with Crippen LogP contribution in [0, 0.1) is 0 Å². The second kappa shape index (κ2) is 8.08. The second-order valence-electron chi connectivity index (χ2n) is 6.02. The van der Waals surface area contributed by atoms with Crippen LogP contribution in [0.1, 0.15) is 12.2 Å². The van der Waals surface area contributed by atoms with Crippen LogP contribution >= 0.6 is 11.8 Å². The van der Waals surface area contributed by atoms with Gasteiger partial charge >= 0.3 is 12.6 Å². The molecule has 3 heterocycles. The summed E-state index contributed by atoms with van der Waals surface area (Å²) < 4.78 is 39.3. The number of anilines is 1. The number of amidine groups is 1. The lowest BCUT2D eigenvalue weighted by Crippen LogP contribution is -2.32. The molecule has 10 heteroatoms. The Hall–Kier alpha value is -3.14. The van der Waals surface area contributed by atoms with E-state index in [2.05, 4.69) is 9.73 Å². The van der Waals surface area contributed by atoms with Gasteiger partial charge in [0.15, 0.2) is 5.17 Å². The molecule has 4 rings (SSSR count). The number of furan rings is 1. The highest BCUT2D eigenvalue weighted by Crippen LogP contribution is 2.34. The third kappa shape index (κ3) is 4.16. The van der Waals surface area contributed by atoms with Gasteiger partial charge in [-0.05, 0) is 36.4 Å². The van der Waals surface area contributed by atoms with E-state index in [1.54, 1.807) is 12.1 Å². The largest absolute Gasteiger partial charge is 0.465 e. The number of nitrogens with zero attached hydrogens (tertiary/aromatic N) is 2. The monoisotopic (exact) mass is 420 g/mol. The summed E-state index contributed by atoms with van der Waals surface area (Å²) in [6, 6.07) is 8.95. The maximum absolute atomic E-state index is 13.0. The van der Waals surface area contributed by atoms with E-state index in [1.165, 1.54) is 41.5 Å². The van der Waals surface area contributed by atoms with E-state index in [-0.39, 0.29) is 17.4 Å². The molecule has 1 saturated heterocycles. The van der Waals surface area contributed by atoms with Gasteiger partial charge in [-0.1, -0.05) is 11.8 Å². The molecule has 1 atom stereocenters. The van der Waals surface area contributed by atoms with Gasteiger partial charge in [-0.25, -0.2) is 4.99 Å². The molecule has 7 nitrogen and oxygen atoms in total. The number of carbonyl (C=O) groups excluding carboxylic acids is 2. The summed E-state index contributed by atoms with van der Waals surface area (Å²) in [5.41, 5.74) is 0.527. The van der Waals surface area contributed by atoms with Gasteiger partial charge in [-0.15, -0.1) is 0 Å². The molecule has 150 valence electrons. The third-order valence-electron chi connectivity index (χ3n) is 4.11. The van der Waals surface area contributed by atoms with Crippen molar-refractivity contribution in [1.82, 2.24) is 0 Å². The molecule has 0 bridgehead atoms. The Morgan fingerprint density at radius 1 is 1.24 bits per heavy atom. The van der Waals surface area contributed by atoms with Crippen molar-refractivity contribution >= 4 is 40.6 Å². The number of hydrogen-bond donors (Lipinski definition) is 0. The Kier molecular flexibility index (Phi) is 5.34. The Labute approximate surface area is 168 Å². The Balaban J connectivity index is 1.65. The number of benzene rings is 1. The minimum Gasteiger partial charge on any atom is -0.465 e. The first-order chi connectivity index (χ1) is 14.0. The van der Waals surface area contributed by atoms with Gasteiger partial charge in [-0.3, -0.25) is 14.5 Å². The summed E-state index contributed by atoms with van der Waals surface area (Å²) in [6.45, 7) is -2.63. The van der Waals surface area contributed by atoms with Crippen LogP contribution in [0.25, 0.3) is 6.08 Å². The van der Waals surface area contributed by atoms with Crippen molar-refractivity contribution in [1.29, 1.82) is 0 Å². The zero-order valence-corrected chi connectivity index (χ0v) is 15.6. The molecule has 0 radical (unpaired) electrons. The fourth-order valence-electron chi connectivity index (χ4n) is 2.80. The summed E-state index contributed by atoms with van der Waals surface area (Å²) >= 11 is 1.12. The summed E-state index contributed by atoms with van der Waals surface area (Å²) in [6.07, 6.45) is 3.46. The number of rotatable bonds is 5. The van der Waals surface area contributed by atoms with Crippen LogP contribution in [0.4, 0.5) is 14.5 Å². The molecule has 0 spiro atoms. The predicted octanol–water partition coefficient (Wildman–Crippen LogP) is 3.67. The van der Waals surface area contributed by atoms with Gasteiger partial charge in [0, 0.05) is 12.5 Å². The molecule has 0 aliphatic carbocycles. The van der Waals surface area contributed by atoms with Crippen LogP contribution in [0.15, 0.2) is 57.8 Å². The minimum absolute atomic E-state index is 0.0349. The summed E-state index contributed by atoms with van der Waals surface area (Å²) in [7, 11) is 0. The summed E-state index contributed by atoms with van der Waals surface area (Å²) in [4.78, 5) is 30.5. The Morgan fingerprint density at radius 2 is 2.03 bits per heavy atom. The molecule has 1 fully saturated rings. The van der Waals surface area contributed by atoms with E-state index in [0.717, 1.165) is 11.8 Å². The quantitative estimate of drug-likeness (QED) is 0.542. The zero-order chi connectivity index (χ0) is 20.4. The number of cyclic esters (lactones) is 1. The highest BCUT2D eigenvalue weighted by Gasteiger charge is 2.37. The van der Waals surface area contributed by atoms with Crippen molar-refractivity contribution in [2.24, 2.45) is 4.99 Å². The topological polar surface area (TPSA) is 81.3 Å². The normalized spacial score (nSPS) is 20.5. The van der Waals surface area contributed by atoms with Crippen LogP contribution in [0.5, 0.6) is 5.75 Å². The molecule has 1 unspecified atom stereocenters. The molecule has 29 heavy (non-hydrogen) atoms. The van der Waals surface area contributed by atoms with Crippen molar-refractivity contribution in [3.8, 4) is 5.75 Å². The van der Waals surface area contributed by atoms with Crippen molar-refractivity contribution in [3.63, 3.8) is 0 Å². The van der Waals surface area contributed by atoms with Gasteiger partial charge in [0.25, 0.3) is 5.91 Å². The lowest BCUT2D eigenvalue weighted by molar-refractivity contribution is -0.137. The summed E-state index contributed by atoms with van der Waals surface area (Å²) in [5.74, 6) is -0.386. The first-order valence-electron chi connectivity index (χ1n) is 8.58. The minimum atomic E-state index is -2.95. The number of halogens is 2. The highest BCUT2D eigenvalue weighted by atomic mass is 32.2. The molecule has 1 aromatic carbocycles. The van der Waals surface area contributed by atoms with Crippen LogP contribution in [-0.2, 0) is 14.3 Å². The molecule has 0 saturated carbocycles. The molecule has 2 aliphatic rings. The lowest BCUT2D eigenvalue weighted by atomic mass is 10.2. The SMILES string of the molecule is O=C1OCCC1SC1=N/C(=C/c2ccco2)C(=O)N1c1ccc(OC(F)F)cc1. The molecule has 2 aromatic rings. The number of amides is 1. The zero-order valence-electron chi connectivity index (χ0n) is 14.8. The van der Waals surface area contributed by atoms with Crippen LogP contribution in [0.2, 0.25) is 0 Å².